The minimum atomic E-state index is -0.439. The zero-order chi connectivity index (χ0) is 18.8. The van der Waals surface area contributed by atoms with E-state index in [2.05, 4.69) is 10.3 Å². The molecule has 1 saturated heterocycles. The molecule has 0 aliphatic carbocycles. The molecule has 0 radical (unpaired) electrons. The highest BCUT2D eigenvalue weighted by Crippen LogP contribution is 2.27. The lowest BCUT2D eigenvalue weighted by molar-refractivity contribution is -0.119. The Hall–Kier alpha value is -2.51. The average molecular weight is 398 g/mol. The van der Waals surface area contributed by atoms with E-state index in [1.165, 1.54) is 28.2 Å². The summed E-state index contributed by atoms with van der Waals surface area (Å²) in [5, 5.41) is 7.26. The van der Waals surface area contributed by atoms with Crippen LogP contribution in [0.4, 0.5) is 5.13 Å². The molecule has 5 nitrogen and oxygen atoms in total. The van der Waals surface area contributed by atoms with E-state index in [9.17, 15) is 9.59 Å². The van der Waals surface area contributed by atoms with E-state index in [1.807, 2.05) is 48.0 Å². The number of hydrogen-bond donors (Lipinski definition) is 1. The lowest BCUT2D eigenvalue weighted by Crippen LogP contribution is -2.42. The van der Waals surface area contributed by atoms with E-state index in [-0.39, 0.29) is 11.8 Å². The molecular weight excluding hydrogens is 378 g/mol. The highest BCUT2D eigenvalue weighted by molar-refractivity contribution is 7.14. The molecule has 7 heteroatoms. The van der Waals surface area contributed by atoms with Crippen LogP contribution in [0.2, 0.25) is 0 Å². The second kappa shape index (κ2) is 7.62. The van der Waals surface area contributed by atoms with E-state index < -0.39 is 6.04 Å². The fourth-order valence-electron chi connectivity index (χ4n) is 3.20. The van der Waals surface area contributed by atoms with E-state index >= 15 is 0 Å². The van der Waals surface area contributed by atoms with Crippen LogP contribution < -0.4 is 5.32 Å². The van der Waals surface area contributed by atoms with Gasteiger partial charge in [0, 0.05) is 17.5 Å². The van der Waals surface area contributed by atoms with Gasteiger partial charge in [-0.15, -0.1) is 22.7 Å². The highest BCUT2D eigenvalue weighted by Gasteiger charge is 2.35. The summed E-state index contributed by atoms with van der Waals surface area (Å²) in [5.74, 6) is -0.232. The molecule has 1 atom stereocenters. The number of carbonyl (C=O) groups excluding carboxylic acids is 2. The van der Waals surface area contributed by atoms with Crippen LogP contribution in [0.1, 0.15) is 28.1 Å². The number of rotatable bonds is 4. The van der Waals surface area contributed by atoms with Crippen LogP contribution in [-0.4, -0.2) is 34.3 Å². The molecule has 2 amide bonds. The molecule has 3 aromatic rings. The molecule has 1 N–H and O–H groups in total. The van der Waals surface area contributed by atoms with Crippen LogP contribution in [0.5, 0.6) is 0 Å². The van der Waals surface area contributed by atoms with Crippen molar-refractivity contribution in [1.29, 1.82) is 0 Å². The monoisotopic (exact) mass is 397 g/mol. The summed E-state index contributed by atoms with van der Waals surface area (Å²) in [4.78, 5) is 32.3. The molecule has 1 unspecified atom stereocenters. The maximum atomic E-state index is 12.8. The molecule has 4 rings (SSSR count). The van der Waals surface area contributed by atoms with Gasteiger partial charge in [-0.1, -0.05) is 35.9 Å². The summed E-state index contributed by atoms with van der Waals surface area (Å²) in [5.41, 5.74) is 3.06. The summed E-state index contributed by atoms with van der Waals surface area (Å²) in [7, 11) is 0. The van der Waals surface area contributed by atoms with Gasteiger partial charge in [-0.3, -0.25) is 9.59 Å². The van der Waals surface area contributed by atoms with Crippen LogP contribution in [0.3, 0.4) is 0 Å². The van der Waals surface area contributed by atoms with Gasteiger partial charge in [0.15, 0.2) is 5.13 Å². The Morgan fingerprint density at radius 3 is 2.74 bits per heavy atom. The Morgan fingerprint density at radius 2 is 2.00 bits per heavy atom. The second-order valence-corrected chi connectivity index (χ2v) is 8.33. The van der Waals surface area contributed by atoms with Crippen LogP contribution in [0.15, 0.2) is 47.2 Å². The van der Waals surface area contributed by atoms with Crippen molar-refractivity contribution in [2.24, 2.45) is 0 Å². The van der Waals surface area contributed by atoms with Crippen molar-refractivity contribution in [3.8, 4) is 11.3 Å². The number of thiophene rings is 1. The largest absolute Gasteiger partial charge is 0.326 e. The van der Waals surface area contributed by atoms with Gasteiger partial charge in [-0.05, 0) is 31.2 Å². The maximum Gasteiger partial charge on any atom is 0.264 e. The van der Waals surface area contributed by atoms with Crippen LogP contribution in [-0.2, 0) is 4.79 Å². The van der Waals surface area contributed by atoms with Crippen molar-refractivity contribution in [1.82, 2.24) is 9.88 Å². The molecule has 0 spiro atoms. The van der Waals surface area contributed by atoms with Gasteiger partial charge in [0.2, 0.25) is 5.91 Å². The average Bonchev–Trinajstić information content (AvgIpc) is 3.42. The number of carbonyl (C=O) groups is 2. The number of anilines is 1. The molecule has 27 heavy (non-hydrogen) atoms. The second-order valence-electron chi connectivity index (χ2n) is 6.53. The first kappa shape index (κ1) is 17.9. The molecule has 1 aromatic carbocycles. The van der Waals surface area contributed by atoms with Gasteiger partial charge in [-0.25, -0.2) is 4.98 Å². The van der Waals surface area contributed by atoms with Gasteiger partial charge < -0.3 is 10.2 Å². The minimum Gasteiger partial charge on any atom is -0.326 e. The Labute approximate surface area is 165 Å². The predicted molar refractivity (Wildman–Crippen MR) is 109 cm³/mol. The number of hydrogen-bond acceptors (Lipinski definition) is 5. The van der Waals surface area contributed by atoms with Crippen molar-refractivity contribution in [3.05, 3.63) is 57.6 Å². The van der Waals surface area contributed by atoms with Crippen LogP contribution >= 0.6 is 22.7 Å². The maximum absolute atomic E-state index is 12.8. The number of benzene rings is 1. The van der Waals surface area contributed by atoms with Gasteiger partial charge in [0.1, 0.15) is 6.04 Å². The molecule has 1 aliphatic heterocycles. The summed E-state index contributed by atoms with van der Waals surface area (Å²) in [6, 6.07) is 11.3. The number of aryl methyl sites for hydroxylation is 1. The number of nitrogens with one attached hydrogen (secondary N) is 1. The van der Waals surface area contributed by atoms with E-state index in [0.717, 1.165) is 17.7 Å². The Balaban J connectivity index is 1.46. The molecule has 0 bridgehead atoms. The topological polar surface area (TPSA) is 62.3 Å². The van der Waals surface area contributed by atoms with Crippen molar-refractivity contribution in [2.75, 3.05) is 11.9 Å². The summed E-state index contributed by atoms with van der Waals surface area (Å²) in [6.45, 7) is 2.66. The highest BCUT2D eigenvalue weighted by atomic mass is 32.1. The Kier molecular flexibility index (Phi) is 5.05. The molecule has 1 fully saturated rings. The van der Waals surface area contributed by atoms with E-state index in [0.29, 0.717) is 23.0 Å². The van der Waals surface area contributed by atoms with Gasteiger partial charge in [0.05, 0.1) is 10.6 Å². The normalized spacial score (nSPS) is 16.5. The number of likely N-dealkylation sites (tertiary alicyclic amines) is 1. The van der Waals surface area contributed by atoms with Gasteiger partial charge in [-0.2, -0.15) is 0 Å². The summed E-state index contributed by atoms with van der Waals surface area (Å²) < 4.78 is 0. The molecule has 138 valence electrons. The van der Waals surface area contributed by atoms with Crippen molar-refractivity contribution in [3.63, 3.8) is 0 Å². The number of aromatic nitrogens is 1. The number of thiazole rings is 1. The van der Waals surface area contributed by atoms with E-state index in [4.69, 9.17) is 0 Å². The molecular formula is C20H19N3O2S2. The van der Waals surface area contributed by atoms with Crippen LogP contribution in [0, 0.1) is 6.92 Å². The first-order valence-electron chi connectivity index (χ1n) is 8.80. The molecule has 3 heterocycles. The molecule has 1 aliphatic rings. The lowest BCUT2D eigenvalue weighted by Gasteiger charge is -2.22. The Bertz CT molecular complexity index is 948. The Morgan fingerprint density at radius 1 is 1.19 bits per heavy atom. The first-order chi connectivity index (χ1) is 13.1. The number of amides is 2. The third-order valence-corrected chi connectivity index (χ3v) is 6.25. The fraction of sp³-hybridized carbons (Fsp3) is 0.250. The molecule has 0 saturated carbocycles. The summed E-state index contributed by atoms with van der Waals surface area (Å²) in [6.07, 6.45) is 1.51. The van der Waals surface area contributed by atoms with Crippen molar-refractivity contribution < 1.29 is 9.59 Å². The standard InChI is InChI=1S/C20H19N3O2S2/c1-13-6-8-14(9-7-13)15-12-27-20(21-15)22-18(24)16-4-2-10-23(16)19(25)17-5-3-11-26-17/h3,5-9,11-12,16H,2,4,10H2,1H3,(H,21,22,24). The van der Waals surface area contributed by atoms with Gasteiger partial charge >= 0.3 is 0 Å². The van der Waals surface area contributed by atoms with Gasteiger partial charge in [0.25, 0.3) is 5.91 Å². The SMILES string of the molecule is Cc1ccc(-c2csc(NC(=O)C3CCCN3C(=O)c3cccs3)n2)cc1. The lowest BCUT2D eigenvalue weighted by atomic mass is 10.1. The van der Waals surface area contributed by atoms with Crippen LogP contribution in [0.25, 0.3) is 11.3 Å². The van der Waals surface area contributed by atoms with Crippen molar-refractivity contribution >= 4 is 39.6 Å². The first-order valence-corrected chi connectivity index (χ1v) is 10.6. The fourth-order valence-corrected chi connectivity index (χ4v) is 4.60. The van der Waals surface area contributed by atoms with Crippen molar-refractivity contribution in [2.45, 2.75) is 25.8 Å². The van der Waals surface area contributed by atoms with E-state index in [1.54, 1.807) is 11.0 Å². The quantitative estimate of drug-likeness (QED) is 0.709. The predicted octanol–water partition coefficient (Wildman–Crippen LogP) is 4.42. The zero-order valence-corrected chi connectivity index (χ0v) is 16.5. The zero-order valence-electron chi connectivity index (χ0n) is 14.8. The third kappa shape index (κ3) is 3.79. The number of nitrogens with zero attached hydrogens (tertiary/aromatic N) is 2. The third-order valence-electron chi connectivity index (χ3n) is 4.63. The smallest absolute Gasteiger partial charge is 0.264 e. The minimum absolute atomic E-state index is 0.0675. The molecule has 2 aromatic heterocycles. The summed E-state index contributed by atoms with van der Waals surface area (Å²) >= 11 is 2.80.